The lowest BCUT2D eigenvalue weighted by atomic mass is 10.1. The minimum absolute atomic E-state index is 0.277. The predicted octanol–water partition coefficient (Wildman–Crippen LogP) is 3.48. The van der Waals surface area contributed by atoms with Crippen LogP contribution in [0.1, 0.15) is 11.1 Å². The molecule has 2 N–H and O–H groups in total. The van der Waals surface area contributed by atoms with Crippen LogP contribution in [0.4, 0.5) is 5.82 Å². The maximum absolute atomic E-state index is 12.0. The van der Waals surface area contributed by atoms with Gasteiger partial charge in [0.2, 0.25) is 5.91 Å². The van der Waals surface area contributed by atoms with Gasteiger partial charge in [-0.25, -0.2) is 4.98 Å². The van der Waals surface area contributed by atoms with Gasteiger partial charge in [-0.3, -0.25) is 14.9 Å². The van der Waals surface area contributed by atoms with E-state index in [0.717, 1.165) is 22.4 Å². The van der Waals surface area contributed by atoms with Crippen LogP contribution in [0.25, 0.3) is 17.3 Å². The van der Waals surface area contributed by atoms with Crippen LogP contribution in [0, 0.1) is 6.92 Å². The van der Waals surface area contributed by atoms with Gasteiger partial charge in [-0.2, -0.15) is 5.10 Å². The Bertz CT molecular complexity index is 872. The molecule has 3 rings (SSSR count). The van der Waals surface area contributed by atoms with Gasteiger partial charge in [-0.15, -0.1) is 0 Å². The van der Waals surface area contributed by atoms with Crippen LogP contribution in [-0.4, -0.2) is 26.1 Å². The number of H-pyrrole nitrogens is 1. The smallest absolute Gasteiger partial charge is 0.249 e. The van der Waals surface area contributed by atoms with E-state index in [1.54, 1.807) is 36.8 Å². The van der Waals surface area contributed by atoms with Crippen LogP contribution in [0.3, 0.4) is 0 Å². The number of nitrogens with one attached hydrogen (secondary N) is 2. The largest absolute Gasteiger partial charge is 0.305 e. The molecule has 0 spiro atoms. The summed E-state index contributed by atoms with van der Waals surface area (Å²) in [6.45, 7) is 1.89. The third-order valence-electron chi connectivity index (χ3n) is 3.40. The normalized spacial score (nSPS) is 10.9. The molecule has 0 saturated carbocycles. The zero-order chi connectivity index (χ0) is 16.9. The van der Waals surface area contributed by atoms with E-state index >= 15 is 0 Å². The number of pyridine rings is 2. The Morgan fingerprint density at radius 2 is 2.04 bits per heavy atom. The highest BCUT2D eigenvalue weighted by Gasteiger charge is 2.11. The number of aromatic amines is 1. The fraction of sp³-hybridized carbons (Fsp3) is 0.0588. The molecule has 0 aromatic carbocycles. The highest BCUT2D eigenvalue weighted by Crippen LogP contribution is 2.25. The average Bonchev–Trinajstić information content (AvgIpc) is 2.96. The van der Waals surface area contributed by atoms with E-state index in [1.807, 2.05) is 19.1 Å². The summed E-state index contributed by atoms with van der Waals surface area (Å²) in [5, 5.41) is 10.3. The fourth-order valence-electron chi connectivity index (χ4n) is 2.14. The Hall–Kier alpha value is -2.99. The molecule has 7 heteroatoms. The van der Waals surface area contributed by atoms with Gasteiger partial charge in [0.05, 0.1) is 5.69 Å². The monoisotopic (exact) mass is 339 g/mol. The van der Waals surface area contributed by atoms with Crippen molar-refractivity contribution in [2.45, 2.75) is 6.92 Å². The minimum atomic E-state index is -0.277. The SMILES string of the molecule is Cc1c(NC(=O)C=Cc2ccc(Cl)nc2)n[nH]c1-c1ccncc1. The van der Waals surface area contributed by atoms with Gasteiger partial charge in [-0.05, 0) is 36.8 Å². The van der Waals surface area contributed by atoms with Gasteiger partial charge >= 0.3 is 0 Å². The van der Waals surface area contributed by atoms with E-state index in [1.165, 1.54) is 6.08 Å². The van der Waals surface area contributed by atoms with Crippen LogP contribution in [0.2, 0.25) is 5.15 Å². The Balaban J connectivity index is 1.71. The van der Waals surface area contributed by atoms with Gasteiger partial charge in [0.1, 0.15) is 5.15 Å². The summed E-state index contributed by atoms with van der Waals surface area (Å²) in [6, 6.07) is 7.19. The second kappa shape index (κ2) is 7.06. The van der Waals surface area contributed by atoms with Gasteiger partial charge in [0.25, 0.3) is 0 Å². The number of amides is 1. The molecule has 0 atom stereocenters. The number of anilines is 1. The molecule has 0 aliphatic rings. The fourth-order valence-corrected chi connectivity index (χ4v) is 2.25. The van der Waals surface area contributed by atoms with E-state index in [9.17, 15) is 4.79 Å². The summed E-state index contributed by atoms with van der Waals surface area (Å²) >= 11 is 5.72. The van der Waals surface area contributed by atoms with Crippen LogP contribution in [0.5, 0.6) is 0 Å². The van der Waals surface area contributed by atoms with E-state index in [0.29, 0.717) is 11.0 Å². The number of halogens is 1. The summed E-state index contributed by atoms with van der Waals surface area (Å²) < 4.78 is 0. The van der Waals surface area contributed by atoms with Crippen molar-refractivity contribution in [2.24, 2.45) is 0 Å². The Morgan fingerprint density at radius 3 is 2.75 bits per heavy atom. The number of carbonyl (C=O) groups excluding carboxylic acids is 1. The first-order valence-electron chi connectivity index (χ1n) is 7.19. The number of carbonyl (C=O) groups is 1. The third kappa shape index (κ3) is 3.67. The molecule has 0 bridgehead atoms. The van der Waals surface area contributed by atoms with Crippen LogP contribution in [0.15, 0.2) is 48.9 Å². The Kier molecular flexibility index (Phi) is 4.67. The number of rotatable bonds is 4. The molecule has 0 radical (unpaired) electrons. The lowest BCUT2D eigenvalue weighted by Crippen LogP contribution is -2.09. The van der Waals surface area contributed by atoms with Gasteiger partial charge in [-0.1, -0.05) is 17.7 Å². The lowest BCUT2D eigenvalue weighted by molar-refractivity contribution is -0.111. The van der Waals surface area contributed by atoms with Crippen molar-refractivity contribution in [1.29, 1.82) is 0 Å². The molecule has 3 aromatic heterocycles. The lowest BCUT2D eigenvalue weighted by Gasteiger charge is -2.01. The summed E-state index contributed by atoms with van der Waals surface area (Å²) in [5.74, 6) is 0.214. The maximum atomic E-state index is 12.0. The molecule has 120 valence electrons. The number of hydrogen-bond acceptors (Lipinski definition) is 4. The Labute approximate surface area is 143 Å². The first kappa shape index (κ1) is 15.9. The summed E-state index contributed by atoms with van der Waals surface area (Å²) in [7, 11) is 0. The van der Waals surface area contributed by atoms with Gasteiger partial charge in [0, 0.05) is 35.8 Å². The Morgan fingerprint density at radius 1 is 1.25 bits per heavy atom. The van der Waals surface area contributed by atoms with Crippen molar-refractivity contribution in [3.8, 4) is 11.3 Å². The molecule has 6 nitrogen and oxygen atoms in total. The molecular weight excluding hydrogens is 326 g/mol. The molecule has 0 unspecified atom stereocenters. The summed E-state index contributed by atoms with van der Waals surface area (Å²) in [5.41, 5.74) is 3.44. The quantitative estimate of drug-likeness (QED) is 0.563. The van der Waals surface area contributed by atoms with E-state index in [2.05, 4.69) is 25.5 Å². The third-order valence-corrected chi connectivity index (χ3v) is 3.62. The standard InChI is InChI=1S/C17H14ClN5O/c1-11-16(13-6-8-19-9-7-13)22-23-17(11)21-15(24)5-3-12-2-4-14(18)20-10-12/h2-10H,1H3,(H2,21,22,23,24). The van der Waals surface area contributed by atoms with Crippen molar-refractivity contribution in [2.75, 3.05) is 5.32 Å². The van der Waals surface area contributed by atoms with Crippen molar-refractivity contribution in [3.05, 3.63) is 65.2 Å². The molecule has 0 aliphatic heterocycles. The second-order valence-electron chi connectivity index (χ2n) is 5.04. The van der Waals surface area contributed by atoms with Crippen LogP contribution >= 0.6 is 11.6 Å². The molecule has 1 amide bonds. The van der Waals surface area contributed by atoms with Crippen molar-refractivity contribution in [1.82, 2.24) is 20.2 Å². The van der Waals surface area contributed by atoms with Crippen molar-refractivity contribution in [3.63, 3.8) is 0 Å². The van der Waals surface area contributed by atoms with E-state index in [-0.39, 0.29) is 5.91 Å². The van der Waals surface area contributed by atoms with Crippen LogP contribution < -0.4 is 5.32 Å². The maximum Gasteiger partial charge on any atom is 0.249 e. The molecule has 0 fully saturated rings. The topological polar surface area (TPSA) is 83.6 Å². The van der Waals surface area contributed by atoms with Gasteiger partial charge < -0.3 is 5.32 Å². The molecule has 3 aromatic rings. The number of hydrogen-bond donors (Lipinski definition) is 2. The first-order chi connectivity index (χ1) is 11.6. The zero-order valence-electron chi connectivity index (χ0n) is 12.8. The highest BCUT2D eigenvalue weighted by molar-refractivity contribution is 6.29. The van der Waals surface area contributed by atoms with Crippen LogP contribution in [-0.2, 0) is 4.79 Å². The molecule has 24 heavy (non-hydrogen) atoms. The number of aromatic nitrogens is 4. The van der Waals surface area contributed by atoms with Crippen molar-refractivity contribution < 1.29 is 4.79 Å². The predicted molar refractivity (Wildman–Crippen MR) is 93.5 cm³/mol. The summed E-state index contributed by atoms with van der Waals surface area (Å²) in [6.07, 6.45) is 8.08. The van der Waals surface area contributed by atoms with E-state index in [4.69, 9.17) is 11.6 Å². The zero-order valence-corrected chi connectivity index (χ0v) is 13.6. The van der Waals surface area contributed by atoms with Crippen molar-refractivity contribution >= 4 is 29.4 Å². The van der Waals surface area contributed by atoms with E-state index < -0.39 is 0 Å². The summed E-state index contributed by atoms with van der Waals surface area (Å²) in [4.78, 5) is 20.0. The molecule has 3 heterocycles. The van der Waals surface area contributed by atoms with Gasteiger partial charge in [0.15, 0.2) is 5.82 Å². The molecule has 0 saturated heterocycles. The first-order valence-corrected chi connectivity index (χ1v) is 7.57. The molecular formula is C17H14ClN5O. The highest BCUT2D eigenvalue weighted by atomic mass is 35.5. The molecule has 0 aliphatic carbocycles. The minimum Gasteiger partial charge on any atom is -0.305 e. The second-order valence-corrected chi connectivity index (χ2v) is 5.43. The number of nitrogens with zero attached hydrogens (tertiary/aromatic N) is 3. The average molecular weight is 340 g/mol.